The van der Waals surface area contributed by atoms with E-state index in [9.17, 15) is 0 Å². The van der Waals surface area contributed by atoms with Crippen molar-refractivity contribution in [2.45, 2.75) is 31.8 Å². The standard InChI is InChI=1S/C17H26N2O/c1-2-20-12-11-19-13-16-9-6-10-18(16)14-17(19)15-7-4-3-5-8-15/h3-5,7-8,16-17H,2,6,9-14H2,1H3. The second-order valence-electron chi connectivity index (χ2n) is 5.91. The number of ether oxygens (including phenoxy) is 1. The molecule has 0 amide bonds. The van der Waals surface area contributed by atoms with Crippen molar-refractivity contribution in [2.24, 2.45) is 0 Å². The van der Waals surface area contributed by atoms with Crippen LogP contribution in [-0.4, -0.2) is 55.2 Å². The lowest BCUT2D eigenvalue weighted by atomic mass is 10.00. The molecule has 20 heavy (non-hydrogen) atoms. The third kappa shape index (κ3) is 3.05. The molecule has 0 N–H and O–H groups in total. The number of benzene rings is 1. The Bertz CT molecular complexity index is 409. The van der Waals surface area contributed by atoms with Gasteiger partial charge in [0.25, 0.3) is 0 Å². The zero-order valence-electron chi connectivity index (χ0n) is 12.5. The molecule has 0 saturated carbocycles. The Hall–Kier alpha value is -0.900. The quantitative estimate of drug-likeness (QED) is 0.768. The van der Waals surface area contributed by atoms with E-state index < -0.39 is 0 Å². The van der Waals surface area contributed by atoms with Gasteiger partial charge in [0.1, 0.15) is 0 Å². The van der Waals surface area contributed by atoms with E-state index in [-0.39, 0.29) is 0 Å². The van der Waals surface area contributed by atoms with Gasteiger partial charge in [-0.05, 0) is 31.9 Å². The SMILES string of the molecule is CCOCCN1CC2CCCN2CC1c1ccccc1. The molecular weight excluding hydrogens is 248 g/mol. The Morgan fingerprint density at radius 1 is 1.20 bits per heavy atom. The topological polar surface area (TPSA) is 15.7 Å². The van der Waals surface area contributed by atoms with Gasteiger partial charge >= 0.3 is 0 Å². The average Bonchev–Trinajstić information content (AvgIpc) is 2.95. The Kier molecular flexibility index (Phi) is 4.71. The van der Waals surface area contributed by atoms with Crippen molar-refractivity contribution in [1.29, 1.82) is 0 Å². The van der Waals surface area contributed by atoms with Crippen LogP contribution in [0.5, 0.6) is 0 Å². The molecule has 1 aromatic rings. The number of piperazine rings is 1. The van der Waals surface area contributed by atoms with Crippen LogP contribution in [0, 0.1) is 0 Å². The van der Waals surface area contributed by atoms with E-state index in [1.807, 2.05) is 0 Å². The van der Waals surface area contributed by atoms with Crippen LogP contribution < -0.4 is 0 Å². The van der Waals surface area contributed by atoms with Gasteiger partial charge in [0.15, 0.2) is 0 Å². The van der Waals surface area contributed by atoms with Crippen LogP contribution in [0.3, 0.4) is 0 Å². The Morgan fingerprint density at radius 3 is 2.85 bits per heavy atom. The zero-order valence-corrected chi connectivity index (χ0v) is 12.5. The van der Waals surface area contributed by atoms with Gasteiger partial charge in [-0.15, -0.1) is 0 Å². The molecule has 2 atom stereocenters. The second kappa shape index (κ2) is 6.70. The molecule has 2 heterocycles. The molecule has 110 valence electrons. The van der Waals surface area contributed by atoms with Gasteiger partial charge < -0.3 is 4.74 Å². The molecule has 3 nitrogen and oxygen atoms in total. The lowest BCUT2D eigenvalue weighted by molar-refractivity contribution is 0.0255. The molecular formula is C17H26N2O. The molecule has 0 aliphatic carbocycles. The molecule has 2 aliphatic rings. The summed E-state index contributed by atoms with van der Waals surface area (Å²) in [6.07, 6.45) is 2.73. The van der Waals surface area contributed by atoms with Gasteiger partial charge in [0, 0.05) is 38.3 Å². The van der Waals surface area contributed by atoms with Crippen molar-refractivity contribution >= 4 is 0 Å². The minimum absolute atomic E-state index is 0.533. The molecule has 3 heteroatoms. The van der Waals surface area contributed by atoms with Crippen LogP contribution in [0.2, 0.25) is 0 Å². The smallest absolute Gasteiger partial charge is 0.0593 e. The maximum absolute atomic E-state index is 5.58. The third-order valence-electron chi connectivity index (χ3n) is 4.70. The van der Waals surface area contributed by atoms with Crippen molar-refractivity contribution in [1.82, 2.24) is 9.80 Å². The second-order valence-corrected chi connectivity index (χ2v) is 5.91. The van der Waals surface area contributed by atoms with Gasteiger partial charge in [0.2, 0.25) is 0 Å². The Morgan fingerprint density at radius 2 is 2.05 bits per heavy atom. The Labute approximate surface area is 122 Å². The number of hydrogen-bond donors (Lipinski definition) is 0. The fourth-order valence-electron chi connectivity index (χ4n) is 3.64. The van der Waals surface area contributed by atoms with E-state index in [4.69, 9.17) is 4.74 Å². The normalized spacial score (nSPS) is 27.6. The third-order valence-corrected chi connectivity index (χ3v) is 4.70. The van der Waals surface area contributed by atoms with Crippen LogP contribution in [0.15, 0.2) is 30.3 Å². The molecule has 3 rings (SSSR count). The van der Waals surface area contributed by atoms with Crippen molar-refractivity contribution in [3.8, 4) is 0 Å². The van der Waals surface area contributed by atoms with Crippen molar-refractivity contribution in [2.75, 3.05) is 39.4 Å². The zero-order chi connectivity index (χ0) is 13.8. The van der Waals surface area contributed by atoms with Crippen LogP contribution in [-0.2, 0) is 4.74 Å². The summed E-state index contributed by atoms with van der Waals surface area (Å²) in [5, 5.41) is 0. The first-order chi connectivity index (χ1) is 9.88. The van der Waals surface area contributed by atoms with Crippen LogP contribution in [0.1, 0.15) is 31.4 Å². The fraction of sp³-hybridized carbons (Fsp3) is 0.647. The summed E-state index contributed by atoms with van der Waals surface area (Å²) in [6, 6.07) is 12.3. The highest BCUT2D eigenvalue weighted by Crippen LogP contribution is 2.32. The predicted molar refractivity (Wildman–Crippen MR) is 81.8 cm³/mol. The van der Waals surface area contributed by atoms with Crippen LogP contribution in [0.25, 0.3) is 0 Å². The number of hydrogen-bond acceptors (Lipinski definition) is 3. The van der Waals surface area contributed by atoms with Gasteiger partial charge in [-0.2, -0.15) is 0 Å². The average molecular weight is 274 g/mol. The molecule has 2 unspecified atom stereocenters. The highest BCUT2D eigenvalue weighted by Gasteiger charge is 2.36. The number of nitrogens with zero attached hydrogens (tertiary/aromatic N) is 2. The molecule has 2 fully saturated rings. The first-order valence-corrected chi connectivity index (χ1v) is 7.99. The predicted octanol–water partition coefficient (Wildman–Crippen LogP) is 2.54. The minimum Gasteiger partial charge on any atom is -0.380 e. The molecule has 0 radical (unpaired) electrons. The highest BCUT2D eigenvalue weighted by molar-refractivity contribution is 5.20. The largest absolute Gasteiger partial charge is 0.380 e. The van der Waals surface area contributed by atoms with Gasteiger partial charge in [-0.3, -0.25) is 9.80 Å². The van der Waals surface area contributed by atoms with Crippen molar-refractivity contribution in [3.63, 3.8) is 0 Å². The maximum Gasteiger partial charge on any atom is 0.0593 e. The van der Waals surface area contributed by atoms with E-state index in [1.165, 1.54) is 38.0 Å². The minimum atomic E-state index is 0.533. The molecule has 2 saturated heterocycles. The van der Waals surface area contributed by atoms with E-state index in [1.54, 1.807) is 0 Å². The summed E-state index contributed by atoms with van der Waals surface area (Å²) in [5.41, 5.74) is 1.45. The number of fused-ring (bicyclic) bond motifs is 1. The summed E-state index contributed by atoms with van der Waals surface area (Å²) < 4.78 is 5.58. The fourth-order valence-corrected chi connectivity index (χ4v) is 3.64. The molecule has 2 aliphatic heterocycles. The highest BCUT2D eigenvalue weighted by atomic mass is 16.5. The molecule has 0 bridgehead atoms. The maximum atomic E-state index is 5.58. The lowest BCUT2D eigenvalue weighted by Crippen LogP contribution is -2.52. The summed E-state index contributed by atoms with van der Waals surface area (Å²) in [6.45, 7) is 8.47. The summed E-state index contributed by atoms with van der Waals surface area (Å²) in [4.78, 5) is 5.33. The van der Waals surface area contributed by atoms with Crippen LogP contribution >= 0.6 is 0 Å². The summed E-state index contributed by atoms with van der Waals surface area (Å²) >= 11 is 0. The van der Waals surface area contributed by atoms with Crippen molar-refractivity contribution in [3.05, 3.63) is 35.9 Å². The molecule has 1 aromatic carbocycles. The van der Waals surface area contributed by atoms with Gasteiger partial charge in [0.05, 0.1) is 6.61 Å². The Balaban J connectivity index is 1.72. The van der Waals surface area contributed by atoms with E-state index >= 15 is 0 Å². The number of rotatable bonds is 5. The van der Waals surface area contributed by atoms with E-state index in [2.05, 4.69) is 47.1 Å². The van der Waals surface area contributed by atoms with Gasteiger partial charge in [-0.25, -0.2) is 0 Å². The summed E-state index contributed by atoms with van der Waals surface area (Å²) in [5.74, 6) is 0. The van der Waals surface area contributed by atoms with Gasteiger partial charge in [-0.1, -0.05) is 30.3 Å². The lowest BCUT2D eigenvalue weighted by Gasteiger charge is -2.44. The first kappa shape index (κ1) is 14.1. The molecule has 0 aromatic heterocycles. The monoisotopic (exact) mass is 274 g/mol. The van der Waals surface area contributed by atoms with Crippen LogP contribution in [0.4, 0.5) is 0 Å². The van der Waals surface area contributed by atoms with E-state index in [0.717, 1.165) is 25.8 Å². The summed E-state index contributed by atoms with van der Waals surface area (Å²) in [7, 11) is 0. The first-order valence-electron chi connectivity index (χ1n) is 7.99. The van der Waals surface area contributed by atoms with E-state index in [0.29, 0.717) is 6.04 Å². The van der Waals surface area contributed by atoms with Crippen molar-refractivity contribution < 1.29 is 4.74 Å². The molecule has 0 spiro atoms.